The monoisotopic (exact) mass is 283 g/mol. The molecule has 0 fully saturated rings. The molecule has 3 nitrogen and oxygen atoms in total. The van der Waals surface area contributed by atoms with Gasteiger partial charge in [0.15, 0.2) is 5.82 Å². The minimum atomic E-state index is -0.260. The molecule has 1 heterocycles. The summed E-state index contributed by atoms with van der Waals surface area (Å²) in [6.07, 6.45) is 0. The maximum Gasteiger partial charge on any atom is 0.164 e. The van der Waals surface area contributed by atoms with Crippen molar-refractivity contribution in [3.8, 4) is 11.4 Å². The average molecular weight is 284 g/mol. The first kappa shape index (κ1) is 11.3. The lowest BCUT2D eigenvalue weighted by Gasteiger charge is -2.05. The topological polar surface area (TPSA) is 30.7 Å². The summed E-state index contributed by atoms with van der Waals surface area (Å²) in [4.78, 5) is 0. The van der Waals surface area contributed by atoms with E-state index in [1.54, 1.807) is 6.07 Å². The molecule has 1 aromatic heterocycles. The Morgan fingerprint density at radius 2 is 2.12 bits per heavy atom. The molecule has 0 bridgehead atoms. The molecule has 0 unspecified atom stereocenters. The summed E-state index contributed by atoms with van der Waals surface area (Å²) in [6, 6.07) is 4.67. The van der Waals surface area contributed by atoms with Crippen molar-refractivity contribution in [2.45, 2.75) is 12.3 Å². The number of hydrogen-bond donors (Lipinski definition) is 0. The lowest BCUT2D eigenvalue weighted by atomic mass is 10.1. The van der Waals surface area contributed by atoms with Gasteiger partial charge in [0.2, 0.25) is 0 Å². The van der Waals surface area contributed by atoms with Gasteiger partial charge < -0.3 is 4.57 Å². The quantitative estimate of drug-likeness (QED) is 0.794. The number of rotatable bonds is 2. The Morgan fingerprint density at radius 3 is 2.75 bits per heavy atom. The van der Waals surface area contributed by atoms with Crippen LogP contribution in [0, 0.1) is 12.7 Å². The molecular formula is C11H11BrFN3. The highest BCUT2D eigenvalue weighted by Crippen LogP contribution is 2.23. The van der Waals surface area contributed by atoms with Crippen molar-refractivity contribution in [3.05, 3.63) is 35.4 Å². The fraction of sp³-hybridized carbons (Fsp3) is 0.273. The normalized spacial score (nSPS) is 10.8. The van der Waals surface area contributed by atoms with Crippen LogP contribution in [0.5, 0.6) is 0 Å². The van der Waals surface area contributed by atoms with Crippen LogP contribution in [0.2, 0.25) is 0 Å². The summed E-state index contributed by atoms with van der Waals surface area (Å²) < 4.78 is 15.0. The Morgan fingerprint density at radius 1 is 1.38 bits per heavy atom. The summed E-state index contributed by atoms with van der Waals surface area (Å²) in [6.45, 7) is 1.93. The SMILES string of the molecule is Cc1ccc(F)cc1-c1nnc(CBr)n1C. The highest BCUT2D eigenvalue weighted by molar-refractivity contribution is 9.08. The molecule has 0 spiro atoms. The molecule has 1 aromatic carbocycles. The van der Waals surface area contributed by atoms with Gasteiger partial charge in [0, 0.05) is 12.6 Å². The molecule has 0 radical (unpaired) electrons. The van der Waals surface area contributed by atoms with E-state index in [4.69, 9.17) is 0 Å². The maximum absolute atomic E-state index is 13.2. The molecule has 5 heteroatoms. The predicted octanol–water partition coefficient (Wildman–Crippen LogP) is 2.82. The maximum atomic E-state index is 13.2. The highest BCUT2D eigenvalue weighted by atomic mass is 79.9. The lowest BCUT2D eigenvalue weighted by Crippen LogP contribution is -1.98. The largest absolute Gasteiger partial charge is 0.313 e. The molecule has 0 aliphatic heterocycles. The Kier molecular flexibility index (Phi) is 3.05. The van der Waals surface area contributed by atoms with Gasteiger partial charge in [0.05, 0.1) is 5.33 Å². The van der Waals surface area contributed by atoms with Gasteiger partial charge >= 0.3 is 0 Å². The van der Waals surface area contributed by atoms with Crippen molar-refractivity contribution < 1.29 is 4.39 Å². The van der Waals surface area contributed by atoms with Gasteiger partial charge in [-0.1, -0.05) is 22.0 Å². The first-order valence-electron chi connectivity index (χ1n) is 4.84. The van der Waals surface area contributed by atoms with Crippen molar-refractivity contribution in [3.63, 3.8) is 0 Å². The standard InChI is InChI=1S/C11H11BrFN3/c1-7-3-4-8(13)5-9(7)11-15-14-10(6-12)16(11)2/h3-5H,6H2,1-2H3. The van der Waals surface area contributed by atoms with Crippen molar-refractivity contribution in [2.75, 3.05) is 0 Å². The molecule has 0 saturated carbocycles. The molecule has 0 N–H and O–H groups in total. The van der Waals surface area contributed by atoms with Crippen LogP contribution in [0.3, 0.4) is 0 Å². The zero-order valence-corrected chi connectivity index (χ0v) is 10.6. The summed E-state index contributed by atoms with van der Waals surface area (Å²) >= 11 is 3.33. The molecule has 16 heavy (non-hydrogen) atoms. The van der Waals surface area contributed by atoms with E-state index >= 15 is 0 Å². The molecule has 0 saturated heterocycles. The molecule has 0 aliphatic carbocycles. The van der Waals surface area contributed by atoms with Crippen LogP contribution in [0.1, 0.15) is 11.4 Å². The third kappa shape index (κ3) is 1.87. The third-order valence-corrected chi connectivity index (χ3v) is 3.03. The summed E-state index contributed by atoms with van der Waals surface area (Å²) in [5, 5.41) is 8.73. The molecular weight excluding hydrogens is 273 g/mol. The van der Waals surface area contributed by atoms with E-state index in [1.807, 2.05) is 18.5 Å². The summed E-state index contributed by atoms with van der Waals surface area (Å²) in [5.41, 5.74) is 1.76. The first-order chi connectivity index (χ1) is 7.63. The van der Waals surface area contributed by atoms with E-state index in [1.165, 1.54) is 12.1 Å². The Bertz CT molecular complexity index is 522. The van der Waals surface area contributed by atoms with Crippen LogP contribution in [-0.4, -0.2) is 14.8 Å². The number of alkyl halides is 1. The van der Waals surface area contributed by atoms with Crippen LogP contribution in [0.4, 0.5) is 4.39 Å². The molecule has 0 aliphatic rings. The molecule has 2 aromatic rings. The summed E-state index contributed by atoms with van der Waals surface area (Å²) in [5.74, 6) is 1.24. The van der Waals surface area contributed by atoms with Crippen LogP contribution in [0.15, 0.2) is 18.2 Å². The van der Waals surface area contributed by atoms with Crippen LogP contribution >= 0.6 is 15.9 Å². The van der Waals surface area contributed by atoms with E-state index in [0.29, 0.717) is 11.2 Å². The number of benzene rings is 1. The Balaban J connectivity index is 2.58. The number of halogens is 2. The van der Waals surface area contributed by atoms with Gasteiger partial charge in [0.25, 0.3) is 0 Å². The summed E-state index contributed by atoms with van der Waals surface area (Å²) in [7, 11) is 1.87. The van der Waals surface area contributed by atoms with Gasteiger partial charge in [-0.25, -0.2) is 4.39 Å². The van der Waals surface area contributed by atoms with E-state index in [-0.39, 0.29) is 5.82 Å². The number of nitrogens with zero attached hydrogens (tertiary/aromatic N) is 3. The fourth-order valence-electron chi connectivity index (χ4n) is 1.55. The number of aromatic nitrogens is 3. The van der Waals surface area contributed by atoms with Gasteiger partial charge in [-0.2, -0.15) is 0 Å². The fourth-order valence-corrected chi connectivity index (χ4v) is 2.04. The van der Waals surface area contributed by atoms with E-state index in [2.05, 4.69) is 26.1 Å². The van der Waals surface area contributed by atoms with Crippen LogP contribution in [-0.2, 0) is 12.4 Å². The third-order valence-electron chi connectivity index (χ3n) is 2.53. The number of hydrogen-bond acceptors (Lipinski definition) is 2. The second kappa shape index (κ2) is 4.33. The van der Waals surface area contributed by atoms with Crippen LogP contribution in [0.25, 0.3) is 11.4 Å². The molecule has 0 amide bonds. The predicted molar refractivity (Wildman–Crippen MR) is 63.8 cm³/mol. The first-order valence-corrected chi connectivity index (χ1v) is 5.96. The Hall–Kier alpha value is -1.23. The minimum Gasteiger partial charge on any atom is -0.313 e. The van der Waals surface area contributed by atoms with E-state index in [0.717, 1.165) is 17.0 Å². The van der Waals surface area contributed by atoms with Gasteiger partial charge in [-0.3, -0.25) is 0 Å². The smallest absolute Gasteiger partial charge is 0.164 e. The van der Waals surface area contributed by atoms with Crippen molar-refractivity contribution >= 4 is 15.9 Å². The van der Waals surface area contributed by atoms with Gasteiger partial charge in [0.1, 0.15) is 11.6 Å². The second-order valence-electron chi connectivity index (χ2n) is 3.59. The van der Waals surface area contributed by atoms with E-state index < -0.39 is 0 Å². The van der Waals surface area contributed by atoms with Crippen LogP contribution < -0.4 is 0 Å². The minimum absolute atomic E-state index is 0.260. The lowest BCUT2D eigenvalue weighted by molar-refractivity contribution is 0.627. The van der Waals surface area contributed by atoms with Crippen molar-refractivity contribution in [1.82, 2.24) is 14.8 Å². The van der Waals surface area contributed by atoms with Crippen molar-refractivity contribution in [1.29, 1.82) is 0 Å². The van der Waals surface area contributed by atoms with Gasteiger partial charge in [-0.15, -0.1) is 10.2 Å². The van der Waals surface area contributed by atoms with Gasteiger partial charge in [-0.05, 0) is 24.6 Å². The Labute approximate surface area is 101 Å². The number of aryl methyl sites for hydroxylation is 1. The van der Waals surface area contributed by atoms with E-state index in [9.17, 15) is 4.39 Å². The second-order valence-corrected chi connectivity index (χ2v) is 4.15. The molecule has 84 valence electrons. The zero-order valence-electron chi connectivity index (χ0n) is 9.04. The average Bonchev–Trinajstić information content (AvgIpc) is 2.63. The highest BCUT2D eigenvalue weighted by Gasteiger charge is 2.12. The molecule has 0 atom stereocenters. The molecule has 2 rings (SSSR count). The zero-order chi connectivity index (χ0) is 11.7. The van der Waals surface area contributed by atoms with Crippen molar-refractivity contribution in [2.24, 2.45) is 7.05 Å².